The molecule has 0 saturated heterocycles. The number of hydrogen-bond donors (Lipinski definition) is 0. The quantitative estimate of drug-likeness (QED) is 0.114. The summed E-state index contributed by atoms with van der Waals surface area (Å²) in [5, 5.41) is 0. The average Bonchev–Trinajstić information content (AvgIpc) is 1.50. The molecule has 502 valence electrons. The van der Waals surface area contributed by atoms with Gasteiger partial charge in [-0.05, 0) is 208 Å². The van der Waals surface area contributed by atoms with Crippen molar-refractivity contribution < 1.29 is 0 Å². The minimum atomic E-state index is -0.606. The van der Waals surface area contributed by atoms with Gasteiger partial charge in [0.1, 0.15) is 0 Å². The molecule has 0 aromatic heterocycles. The molecule has 0 radical (unpaired) electrons. The van der Waals surface area contributed by atoms with Crippen LogP contribution in [0.1, 0.15) is 72.2 Å². The van der Waals surface area contributed by atoms with Gasteiger partial charge in [0.05, 0.1) is 22.5 Å². The second-order valence-electron chi connectivity index (χ2n) is 29.9. The highest BCUT2D eigenvalue weighted by Crippen LogP contribution is 2.66. The van der Waals surface area contributed by atoms with E-state index in [9.17, 15) is 0 Å². The van der Waals surface area contributed by atoms with E-state index in [4.69, 9.17) is 0 Å². The van der Waals surface area contributed by atoms with E-state index < -0.39 is 5.41 Å². The summed E-state index contributed by atoms with van der Waals surface area (Å²) in [5.41, 5.74) is 38.8. The molecule has 4 aliphatic rings. The molecule has 1 spiro atoms. The number of rotatable bonds is 13. The highest BCUT2D eigenvalue weighted by atomic mass is 15.2. The summed E-state index contributed by atoms with van der Waals surface area (Å²) in [4.78, 5) is 7.52. The third kappa shape index (κ3) is 9.66. The highest BCUT2D eigenvalue weighted by molar-refractivity contribution is 6.04. The molecule has 0 saturated carbocycles. The van der Waals surface area contributed by atoms with Crippen LogP contribution in [-0.2, 0) is 16.2 Å². The van der Waals surface area contributed by atoms with Gasteiger partial charge in [0.25, 0.3) is 0 Å². The first-order chi connectivity index (χ1) is 52.1. The van der Waals surface area contributed by atoms with Gasteiger partial charge in [-0.15, -0.1) is 0 Å². The zero-order chi connectivity index (χ0) is 70.8. The molecule has 16 aromatic carbocycles. The predicted molar refractivity (Wildman–Crippen MR) is 444 cm³/mol. The first-order valence-corrected chi connectivity index (χ1v) is 37.1. The SMILES string of the molecule is CC1(C)c2ccccc2-c2ccc(N(c3ccccc3-c3ccccc3)c3cccc4c3-c3ccccc3C43c4ccccc4-c4cc(-c5ccc(N(c6ccc(-c7ccccc7)cc6)c6cc(N(c7ccccc7)c7ccc(-c8ccccc8)cc7)c7c(c6)C(C)(C)c6ccccc6-7)cc5)ccc43)cc21. The van der Waals surface area contributed by atoms with Crippen LogP contribution < -0.4 is 14.7 Å². The molecular formula is C103H75N3. The standard InChI is InChI=1S/C103H75N3/c1-101(2)88-41-22-17-37-82(88)84-62-61-79(65-94(84)101)106(96-46-26-21-36-81(96)73-32-13-7-14-33-73)97-47-27-45-93-99(97)86-40-20-25-44-91(86)103(93)90-43-24-18-38-83(90)87-64-74(54-63-92(87)103)72-52-57-77(58-53-72)104(76-55-48-70(49-56-76)68-28-9-5-10-29-68)80-66-95-100(85-39-19-23-42-89(85)102(95,3)4)98(67-80)105(75-34-15-8-16-35-75)78-59-50-71(51-60-78)69-30-11-6-12-31-69/h5-67H,1-4H3. The van der Waals surface area contributed by atoms with Crippen LogP contribution in [0.2, 0.25) is 0 Å². The minimum absolute atomic E-state index is 0.195. The van der Waals surface area contributed by atoms with Gasteiger partial charge >= 0.3 is 0 Å². The van der Waals surface area contributed by atoms with Crippen LogP contribution >= 0.6 is 0 Å². The molecule has 0 N–H and O–H groups in total. The number of hydrogen-bond acceptors (Lipinski definition) is 3. The summed E-state index contributed by atoms with van der Waals surface area (Å²) >= 11 is 0. The molecule has 1 atom stereocenters. The van der Waals surface area contributed by atoms with Crippen molar-refractivity contribution in [1.29, 1.82) is 0 Å². The van der Waals surface area contributed by atoms with E-state index in [1.807, 2.05) is 0 Å². The van der Waals surface area contributed by atoms with Gasteiger partial charge in [0.15, 0.2) is 0 Å². The normalized spacial score (nSPS) is 14.6. The van der Waals surface area contributed by atoms with Crippen LogP contribution in [0.25, 0.3) is 89.0 Å². The van der Waals surface area contributed by atoms with Crippen molar-refractivity contribution in [2.45, 2.75) is 43.9 Å². The minimum Gasteiger partial charge on any atom is -0.310 e. The lowest BCUT2D eigenvalue weighted by molar-refractivity contribution is 0.660. The van der Waals surface area contributed by atoms with Gasteiger partial charge in [-0.3, -0.25) is 0 Å². The fourth-order valence-corrected chi connectivity index (χ4v) is 18.5. The van der Waals surface area contributed by atoms with E-state index >= 15 is 0 Å². The summed E-state index contributed by atoms with van der Waals surface area (Å²) in [5.74, 6) is 0. The van der Waals surface area contributed by atoms with Crippen LogP contribution in [0.3, 0.4) is 0 Å². The Morgan fingerprint density at radius 2 is 0.538 bits per heavy atom. The summed E-state index contributed by atoms with van der Waals surface area (Å²) in [6.45, 7) is 9.57. The van der Waals surface area contributed by atoms with Gasteiger partial charge in [0, 0.05) is 61.6 Å². The van der Waals surface area contributed by atoms with Crippen molar-refractivity contribution in [2.75, 3.05) is 14.7 Å². The van der Waals surface area contributed by atoms with Gasteiger partial charge in [-0.1, -0.05) is 319 Å². The fourth-order valence-electron chi connectivity index (χ4n) is 18.5. The zero-order valence-electron chi connectivity index (χ0n) is 59.7. The maximum Gasteiger partial charge on any atom is 0.0726 e. The van der Waals surface area contributed by atoms with Crippen LogP contribution in [0.5, 0.6) is 0 Å². The molecule has 4 aliphatic carbocycles. The van der Waals surface area contributed by atoms with E-state index in [2.05, 4.69) is 425 Å². The van der Waals surface area contributed by atoms with Crippen molar-refractivity contribution >= 4 is 51.2 Å². The lowest BCUT2D eigenvalue weighted by Crippen LogP contribution is -2.26. The maximum absolute atomic E-state index is 2.57. The molecular weight excluding hydrogens is 1280 g/mol. The van der Waals surface area contributed by atoms with Crippen molar-refractivity contribution in [3.63, 3.8) is 0 Å². The lowest BCUT2D eigenvalue weighted by atomic mass is 9.70. The average molecular weight is 1350 g/mol. The first kappa shape index (κ1) is 62.7. The third-order valence-electron chi connectivity index (χ3n) is 23.5. The van der Waals surface area contributed by atoms with Gasteiger partial charge in [-0.25, -0.2) is 0 Å². The van der Waals surface area contributed by atoms with Crippen molar-refractivity contribution in [3.05, 3.63) is 427 Å². The molecule has 0 amide bonds. The molecule has 0 heterocycles. The van der Waals surface area contributed by atoms with E-state index in [0.29, 0.717) is 0 Å². The summed E-state index contributed by atoms with van der Waals surface area (Å²) < 4.78 is 0. The Bertz CT molecular complexity index is 6120. The number of anilines is 9. The Morgan fingerprint density at radius 1 is 0.170 bits per heavy atom. The summed E-state index contributed by atoms with van der Waals surface area (Å²) in [6.07, 6.45) is 0. The van der Waals surface area contributed by atoms with Crippen LogP contribution in [0, 0.1) is 0 Å². The van der Waals surface area contributed by atoms with Crippen molar-refractivity contribution in [3.8, 4) is 89.0 Å². The Balaban J connectivity index is 0.735. The second kappa shape index (κ2) is 24.6. The van der Waals surface area contributed by atoms with Gasteiger partial charge in [0.2, 0.25) is 0 Å². The first-order valence-electron chi connectivity index (χ1n) is 37.1. The molecule has 106 heavy (non-hydrogen) atoms. The zero-order valence-corrected chi connectivity index (χ0v) is 59.7. The number of benzene rings is 16. The van der Waals surface area contributed by atoms with Crippen molar-refractivity contribution in [1.82, 2.24) is 0 Å². The molecule has 3 nitrogen and oxygen atoms in total. The van der Waals surface area contributed by atoms with Crippen LogP contribution in [0.15, 0.2) is 382 Å². The van der Waals surface area contributed by atoms with E-state index in [1.165, 1.54) is 122 Å². The predicted octanol–water partition coefficient (Wildman–Crippen LogP) is 27.7. The second-order valence-corrected chi connectivity index (χ2v) is 29.9. The lowest BCUT2D eigenvalue weighted by Gasteiger charge is -2.33. The molecule has 0 aliphatic heterocycles. The molecule has 16 aromatic rings. The summed E-state index contributed by atoms with van der Waals surface area (Å²) in [7, 11) is 0. The Morgan fingerprint density at radius 3 is 1.14 bits per heavy atom. The van der Waals surface area contributed by atoms with Crippen molar-refractivity contribution in [2.24, 2.45) is 0 Å². The third-order valence-corrected chi connectivity index (χ3v) is 23.5. The number of para-hydroxylation sites is 2. The topological polar surface area (TPSA) is 9.72 Å². The number of nitrogens with zero attached hydrogens (tertiary/aromatic N) is 3. The maximum atomic E-state index is 2.57. The molecule has 0 fully saturated rings. The van der Waals surface area contributed by atoms with E-state index in [1.54, 1.807) is 0 Å². The molecule has 1 unspecified atom stereocenters. The molecule has 0 bridgehead atoms. The van der Waals surface area contributed by atoms with E-state index in [-0.39, 0.29) is 10.8 Å². The monoisotopic (exact) mass is 1350 g/mol. The Labute approximate surface area is 621 Å². The largest absolute Gasteiger partial charge is 0.310 e. The van der Waals surface area contributed by atoms with Crippen LogP contribution in [-0.4, -0.2) is 0 Å². The molecule has 3 heteroatoms. The van der Waals surface area contributed by atoms with Crippen LogP contribution in [0.4, 0.5) is 51.2 Å². The fraction of sp³-hybridized carbons (Fsp3) is 0.0680. The highest BCUT2D eigenvalue weighted by Gasteiger charge is 2.53. The summed E-state index contributed by atoms with van der Waals surface area (Å²) in [6, 6.07) is 143. The van der Waals surface area contributed by atoms with Gasteiger partial charge < -0.3 is 14.7 Å². The Kier molecular flexibility index (Phi) is 14.5. The number of fused-ring (bicyclic) bond motifs is 16. The Hall–Kier alpha value is -13.1. The smallest absolute Gasteiger partial charge is 0.0726 e. The molecule has 20 rings (SSSR count). The van der Waals surface area contributed by atoms with Gasteiger partial charge in [-0.2, -0.15) is 0 Å². The van der Waals surface area contributed by atoms with E-state index in [0.717, 1.165) is 62.3 Å².